The van der Waals surface area contributed by atoms with Crippen LogP contribution in [0.15, 0.2) is 36.4 Å². The van der Waals surface area contributed by atoms with Crippen LogP contribution in [0.1, 0.15) is 39.7 Å². The summed E-state index contributed by atoms with van der Waals surface area (Å²) in [6.07, 6.45) is 1.35. The third-order valence-electron chi connectivity index (χ3n) is 6.20. The molecule has 0 atom stereocenters. The number of morpholine rings is 1. The van der Waals surface area contributed by atoms with Crippen LogP contribution in [0.4, 0.5) is 15.9 Å². The third-order valence-corrected chi connectivity index (χ3v) is 7.43. The highest BCUT2D eigenvalue weighted by molar-refractivity contribution is 7.16. The second kappa shape index (κ2) is 10.4. The van der Waals surface area contributed by atoms with Crippen LogP contribution in [0.2, 0.25) is 4.34 Å². The van der Waals surface area contributed by atoms with Crippen molar-refractivity contribution in [2.75, 3.05) is 49.7 Å². The molecule has 5 rings (SSSR count). The summed E-state index contributed by atoms with van der Waals surface area (Å²) in [6, 6.07) is 11.0. The predicted molar refractivity (Wildman–Crippen MR) is 131 cm³/mol. The largest absolute Gasteiger partial charge is 0.381 e. The lowest BCUT2D eigenvalue weighted by molar-refractivity contribution is 0.0834. The van der Waals surface area contributed by atoms with E-state index in [9.17, 15) is 4.79 Å². The average Bonchev–Trinajstić information content (AvgIpc) is 3.45. The van der Waals surface area contributed by atoms with E-state index in [-0.39, 0.29) is 17.6 Å². The van der Waals surface area contributed by atoms with E-state index in [1.54, 1.807) is 18.2 Å². The lowest BCUT2D eigenvalue weighted by Gasteiger charge is -2.28. The minimum Gasteiger partial charge on any atom is -0.381 e. The first kappa shape index (κ1) is 23.3. The van der Waals surface area contributed by atoms with E-state index in [1.165, 1.54) is 16.0 Å². The van der Waals surface area contributed by atoms with Gasteiger partial charge in [0.05, 0.1) is 24.1 Å². The highest BCUT2D eigenvalue weighted by atomic mass is 35.5. The Balaban J connectivity index is 1.42. The van der Waals surface area contributed by atoms with Gasteiger partial charge in [0.2, 0.25) is 0 Å². The Kier molecular flexibility index (Phi) is 7.15. The molecule has 2 saturated heterocycles. The number of aromatic nitrogens is 2. The molecule has 4 heterocycles. The summed E-state index contributed by atoms with van der Waals surface area (Å²) in [4.78, 5) is 16.6. The number of rotatable bonds is 6. The minimum atomic E-state index is -0.479. The summed E-state index contributed by atoms with van der Waals surface area (Å²) < 4.78 is 28.2. The molecule has 34 heavy (non-hydrogen) atoms. The van der Waals surface area contributed by atoms with Crippen molar-refractivity contribution in [2.24, 2.45) is 0 Å². The van der Waals surface area contributed by atoms with Crippen molar-refractivity contribution in [3.05, 3.63) is 62.7 Å². The highest BCUT2D eigenvalue weighted by Crippen LogP contribution is 2.32. The van der Waals surface area contributed by atoms with Crippen molar-refractivity contribution in [3.8, 4) is 0 Å². The van der Waals surface area contributed by atoms with Crippen molar-refractivity contribution in [2.45, 2.75) is 25.3 Å². The van der Waals surface area contributed by atoms with Crippen LogP contribution in [0, 0.1) is 5.82 Å². The van der Waals surface area contributed by atoms with E-state index in [0.717, 1.165) is 23.7 Å². The van der Waals surface area contributed by atoms with Crippen molar-refractivity contribution in [1.82, 2.24) is 9.78 Å². The van der Waals surface area contributed by atoms with Crippen molar-refractivity contribution >= 4 is 40.4 Å². The molecule has 2 aliphatic heterocycles. The number of benzene rings is 1. The number of hydrogen-bond acceptors (Lipinski definition) is 7. The summed E-state index contributed by atoms with van der Waals surface area (Å²) in [5, 5.41) is 7.55. The Morgan fingerprint density at radius 1 is 1.09 bits per heavy atom. The maximum Gasteiger partial charge on any atom is 0.280 e. The van der Waals surface area contributed by atoms with E-state index in [4.69, 9.17) is 21.1 Å². The molecule has 1 N–H and O–H groups in total. The molecule has 0 saturated carbocycles. The first-order valence-corrected chi connectivity index (χ1v) is 12.6. The Hall–Kier alpha value is -2.46. The Bertz CT molecular complexity index is 1140. The number of thiophene rings is 1. The molecule has 3 aromatic rings. The molecule has 180 valence electrons. The Labute approximate surface area is 206 Å². The molecule has 1 aromatic carbocycles. The summed E-state index contributed by atoms with van der Waals surface area (Å²) in [5.74, 6) is -0.859. The van der Waals surface area contributed by atoms with Crippen molar-refractivity contribution in [1.29, 1.82) is 0 Å². The van der Waals surface area contributed by atoms with E-state index >= 15 is 4.39 Å². The fraction of sp³-hybridized carbons (Fsp3) is 0.417. The number of carbonyl (C=O) groups is 1. The van der Waals surface area contributed by atoms with Crippen molar-refractivity contribution < 1.29 is 18.7 Å². The number of anilines is 2. The number of hydrogen-bond donors (Lipinski definition) is 1. The van der Waals surface area contributed by atoms with Gasteiger partial charge in [-0.15, -0.1) is 11.3 Å². The van der Waals surface area contributed by atoms with Gasteiger partial charge < -0.3 is 19.7 Å². The average molecular weight is 505 g/mol. The first-order chi connectivity index (χ1) is 16.6. The van der Waals surface area contributed by atoms with Gasteiger partial charge in [0.25, 0.3) is 5.91 Å². The Morgan fingerprint density at radius 3 is 2.47 bits per heavy atom. The molecule has 0 bridgehead atoms. The molecule has 0 radical (unpaired) electrons. The maximum atomic E-state index is 15.6. The fourth-order valence-corrected chi connectivity index (χ4v) is 5.35. The van der Waals surface area contributed by atoms with Crippen LogP contribution in [0.25, 0.3) is 0 Å². The van der Waals surface area contributed by atoms with Crippen LogP contribution in [-0.4, -0.2) is 55.2 Å². The van der Waals surface area contributed by atoms with E-state index in [2.05, 4.69) is 15.3 Å². The van der Waals surface area contributed by atoms with Gasteiger partial charge in [-0.05, 0) is 49.2 Å². The van der Waals surface area contributed by atoms with Crippen LogP contribution < -0.4 is 10.2 Å². The number of nitrogens with zero attached hydrogens (tertiary/aromatic N) is 3. The summed E-state index contributed by atoms with van der Waals surface area (Å²) >= 11 is 7.44. The zero-order valence-corrected chi connectivity index (χ0v) is 20.2. The van der Waals surface area contributed by atoms with Gasteiger partial charge in [-0.3, -0.25) is 4.79 Å². The highest BCUT2D eigenvalue weighted by Gasteiger charge is 2.29. The number of ether oxygens (including phenoxy) is 2. The van der Waals surface area contributed by atoms with Gasteiger partial charge in [-0.25, -0.2) is 4.39 Å². The SMILES string of the molecule is O=C(c1ccc(N2CCOCC2)cc1)n1nc(C2CCOCC2)c(F)c1NCc1ccc(Cl)s1. The van der Waals surface area contributed by atoms with Gasteiger partial charge in [-0.1, -0.05) is 11.6 Å². The molecule has 2 aromatic heterocycles. The molecular formula is C24H26ClFN4O3S. The van der Waals surface area contributed by atoms with Gasteiger partial charge in [0.15, 0.2) is 11.6 Å². The monoisotopic (exact) mass is 504 g/mol. The zero-order valence-electron chi connectivity index (χ0n) is 18.6. The van der Waals surface area contributed by atoms with Crippen LogP contribution in [-0.2, 0) is 16.0 Å². The summed E-state index contributed by atoms with van der Waals surface area (Å²) in [5.41, 5.74) is 1.79. The molecule has 0 amide bonds. The zero-order chi connectivity index (χ0) is 23.5. The quantitative estimate of drug-likeness (QED) is 0.521. The standard InChI is InChI=1S/C24H26ClFN4O3S/c25-20-6-5-19(34-20)15-27-23-21(26)22(16-7-11-32-12-8-16)28-30(23)24(31)17-1-3-18(4-2-17)29-9-13-33-14-10-29/h1-6,16,27H,7-15H2. The molecule has 2 aliphatic rings. The van der Waals surface area contributed by atoms with Crippen LogP contribution >= 0.6 is 22.9 Å². The Morgan fingerprint density at radius 2 is 1.79 bits per heavy atom. The fourth-order valence-electron chi connectivity index (χ4n) is 4.32. The smallest absolute Gasteiger partial charge is 0.280 e. The van der Waals surface area contributed by atoms with Gasteiger partial charge in [0, 0.05) is 48.3 Å². The van der Waals surface area contributed by atoms with Crippen LogP contribution in [0.3, 0.4) is 0 Å². The van der Waals surface area contributed by atoms with Crippen molar-refractivity contribution in [3.63, 3.8) is 0 Å². The minimum absolute atomic E-state index is 0.0771. The predicted octanol–water partition coefficient (Wildman–Crippen LogP) is 4.77. The second-order valence-corrected chi connectivity index (χ2v) is 10.2. The topological polar surface area (TPSA) is 68.6 Å². The van der Waals surface area contributed by atoms with Gasteiger partial charge in [0.1, 0.15) is 5.69 Å². The maximum absolute atomic E-state index is 15.6. The normalized spacial score (nSPS) is 17.2. The third kappa shape index (κ3) is 4.98. The van der Waals surface area contributed by atoms with Gasteiger partial charge >= 0.3 is 0 Å². The number of carbonyl (C=O) groups excluding carboxylic acids is 1. The van der Waals surface area contributed by atoms with Gasteiger partial charge in [-0.2, -0.15) is 9.78 Å². The number of nitrogens with one attached hydrogen (secondary N) is 1. The van der Waals surface area contributed by atoms with E-state index < -0.39 is 5.82 Å². The lowest BCUT2D eigenvalue weighted by atomic mass is 9.96. The van der Waals surface area contributed by atoms with E-state index in [0.29, 0.717) is 61.4 Å². The molecular weight excluding hydrogens is 479 g/mol. The molecule has 0 unspecified atom stereocenters. The molecule has 10 heteroatoms. The second-order valence-electron chi connectivity index (χ2n) is 8.36. The van der Waals surface area contributed by atoms with E-state index in [1.807, 2.05) is 18.2 Å². The lowest BCUT2D eigenvalue weighted by Crippen LogP contribution is -2.36. The first-order valence-electron chi connectivity index (χ1n) is 11.4. The summed E-state index contributed by atoms with van der Waals surface area (Å²) in [6.45, 7) is 4.46. The van der Waals surface area contributed by atoms with Crippen LogP contribution in [0.5, 0.6) is 0 Å². The molecule has 0 aliphatic carbocycles. The molecule has 0 spiro atoms. The molecule has 2 fully saturated rings. The summed E-state index contributed by atoms with van der Waals surface area (Å²) in [7, 11) is 0. The number of halogens is 2. The molecule has 7 nitrogen and oxygen atoms in total.